The van der Waals surface area contributed by atoms with Crippen LogP contribution in [-0.4, -0.2) is 17.2 Å². The summed E-state index contributed by atoms with van der Waals surface area (Å²) >= 11 is 2.65. The summed E-state index contributed by atoms with van der Waals surface area (Å²) in [6.45, 7) is 2.00. The molecule has 0 heterocycles. The molecule has 0 amide bonds. The van der Waals surface area contributed by atoms with E-state index in [1.165, 1.54) is 0 Å². The van der Waals surface area contributed by atoms with E-state index in [1.807, 2.05) is 0 Å². The number of hydrogen-bond acceptors (Lipinski definition) is 3. The van der Waals surface area contributed by atoms with Crippen LogP contribution in [-0.2, 0) is 9.53 Å². The number of carbonyl (C=O) groups excluding carboxylic acids is 1. The Bertz CT molecular complexity index is 113. The van der Waals surface area contributed by atoms with Gasteiger partial charge in [-0.1, -0.05) is 0 Å². The summed E-state index contributed by atoms with van der Waals surface area (Å²) in [5.41, 5.74) is 0. The molecule has 0 bridgehead atoms. The van der Waals surface area contributed by atoms with E-state index < -0.39 is 5.97 Å². The fourth-order valence-corrected chi connectivity index (χ4v) is 0.309. The van der Waals surface area contributed by atoms with Gasteiger partial charge in [0.2, 0.25) is 0 Å². The van der Waals surface area contributed by atoms with Gasteiger partial charge in [-0.05, 0) is 22.9 Å². The van der Waals surface area contributed by atoms with Crippen molar-refractivity contribution in [1.29, 1.82) is 5.41 Å². The Kier molecular flexibility index (Phi) is 3.43. The maximum absolute atomic E-state index is 10.2. The maximum Gasteiger partial charge on any atom is 0.363 e. The molecule has 0 rings (SSSR count). The van der Waals surface area contributed by atoms with Gasteiger partial charge < -0.3 is 4.74 Å². The summed E-state index contributed by atoms with van der Waals surface area (Å²) in [6.07, 6.45) is 0. The van der Waals surface area contributed by atoms with Crippen LogP contribution in [0.5, 0.6) is 0 Å². The molecule has 3 nitrogen and oxygen atoms in total. The SMILES string of the molecule is CCOC(=O)C(=N)Br. The minimum atomic E-state index is -0.618. The standard InChI is InChI=1S/C4H6BrNO2/c1-2-8-4(7)3(5)6/h6H,2H2,1H3. The predicted molar refractivity (Wildman–Crippen MR) is 33.3 cm³/mol. The quantitative estimate of drug-likeness (QED) is 0.507. The van der Waals surface area contributed by atoms with Crippen molar-refractivity contribution in [3.8, 4) is 0 Å². The molecule has 0 aliphatic heterocycles. The van der Waals surface area contributed by atoms with Crippen LogP contribution >= 0.6 is 15.9 Å². The molecule has 0 aromatic carbocycles. The minimum absolute atomic E-state index is 0.237. The van der Waals surface area contributed by atoms with Gasteiger partial charge in [0.25, 0.3) is 0 Å². The van der Waals surface area contributed by atoms with E-state index in [9.17, 15) is 4.79 Å². The number of carbonyl (C=O) groups is 1. The molecule has 0 aliphatic rings. The second-order valence-corrected chi connectivity index (χ2v) is 1.83. The van der Waals surface area contributed by atoms with Gasteiger partial charge in [-0.15, -0.1) is 0 Å². The van der Waals surface area contributed by atoms with Crippen molar-refractivity contribution in [3.05, 3.63) is 0 Å². The minimum Gasteiger partial charge on any atom is -0.461 e. The first-order valence-electron chi connectivity index (χ1n) is 2.09. The first-order chi connectivity index (χ1) is 3.68. The van der Waals surface area contributed by atoms with E-state index in [0.717, 1.165) is 0 Å². The van der Waals surface area contributed by atoms with Gasteiger partial charge in [-0.2, -0.15) is 0 Å². The molecule has 0 aromatic rings. The monoisotopic (exact) mass is 179 g/mol. The molecule has 0 saturated heterocycles. The van der Waals surface area contributed by atoms with Crippen LogP contribution in [0.25, 0.3) is 0 Å². The van der Waals surface area contributed by atoms with Crippen molar-refractivity contribution in [2.24, 2.45) is 0 Å². The Labute approximate surface area is 55.7 Å². The van der Waals surface area contributed by atoms with Gasteiger partial charge in [0.05, 0.1) is 6.61 Å². The third kappa shape index (κ3) is 2.74. The van der Waals surface area contributed by atoms with E-state index in [-0.39, 0.29) is 4.62 Å². The highest BCUT2D eigenvalue weighted by Crippen LogP contribution is 1.88. The molecule has 0 saturated carbocycles. The number of rotatable bonds is 2. The Balaban J connectivity index is 3.49. The number of ether oxygens (including phenoxy) is 1. The summed E-state index contributed by atoms with van der Waals surface area (Å²) in [5, 5.41) is 6.65. The van der Waals surface area contributed by atoms with E-state index in [2.05, 4.69) is 20.7 Å². The smallest absolute Gasteiger partial charge is 0.363 e. The average molecular weight is 180 g/mol. The largest absolute Gasteiger partial charge is 0.461 e. The van der Waals surface area contributed by atoms with Gasteiger partial charge in [0.1, 0.15) is 0 Å². The van der Waals surface area contributed by atoms with Crippen molar-refractivity contribution in [1.82, 2.24) is 0 Å². The van der Waals surface area contributed by atoms with Crippen molar-refractivity contribution in [2.75, 3.05) is 6.61 Å². The zero-order valence-corrected chi connectivity index (χ0v) is 5.99. The zero-order chi connectivity index (χ0) is 6.57. The maximum atomic E-state index is 10.2. The molecule has 0 aliphatic carbocycles. The molecule has 0 atom stereocenters. The van der Waals surface area contributed by atoms with Gasteiger partial charge >= 0.3 is 5.97 Å². The normalized spacial score (nSPS) is 8.25. The van der Waals surface area contributed by atoms with Crippen molar-refractivity contribution < 1.29 is 9.53 Å². The van der Waals surface area contributed by atoms with Crippen LogP contribution in [0.15, 0.2) is 0 Å². The van der Waals surface area contributed by atoms with E-state index in [0.29, 0.717) is 6.61 Å². The lowest BCUT2D eigenvalue weighted by Crippen LogP contribution is -2.09. The van der Waals surface area contributed by atoms with Gasteiger partial charge in [-0.25, -0.2) is 4.79 Å². The van der Waals surface area contributed by atoms with Crippen LogP contribution in [0, 0.1) is 5.41 Å². The van der Waals surface area contributed by atoms with Gasteiger partial charge in [-0.3, -0.25) is 5.41 Å². The van der Waals surface area contributed by atoms with Crippen molar-refractivity contribution in [3.63, 3.8) is 0 Å². The highest BCUT2D eigenvalue weighted by Gasteiger charge is 2.03. The van der Waals surface area contributed by atoms with Crippen LogP contribution < -0.4 is 0 Å². The fraction of sp³-hybridized carbons (Fsp3) is 0.500. The summed E-state index contributed by atoms with van der Waals surface area (Å²) < 4.78 is 4.16. The lowest BCUT2D eigenvalue weighted by atomic mass is 10.7. The lowest BCUT2D eigenvalue weighted by Gasteiger charge is -1.94. The molecule has 0 spiro atoms. The third-order valence-electron chi connectivity index (χ3n) is 0.455. The second-order valence-electron chi connectivity index (χ2n) is 1.03. The van der Waals surface area contributed by atoms with Crippen LogP contribution in [0.1, 0.15) is 6.92 Å². The number of nitrogens with one attached hydrogen (secondary N) is 1. The molecule has 0 radical (unpaired) electrons. The third-order valence-corrected chi connectivity index (χ3v) is 0.778. The summed E-state index contributed by atoms with van der Waals surface area (Å²) in [5.74, 6) is -0.618. The molecule has 4 heteroatoms. The van der Waals surface area contributed by atoms with E-state index >= 15 is 0 Å². The molecule has 0 unspecified atom stereocenters. The summed E-state index contributed by atoms with van der Waals surface area (Å²) in [6, 6.07) is 0. The molecule has 1 N–H and O–H groups in total. The second kappa shape index (κ2) is 3.60. The first-order valence-corrected chi connectivity index (χ1v) is 2.89. The number of esters is 1. The predicted octanol–water partition coefficient (Wildman–Crippen LogP) is 0.922. The number of hydrogen-bond donors (Lipinski definition) is 1. The van der Waals surface area contributed by atoms with Crippen LogP contribution in [0.2, 0.25) is 0 Å². The molecule has 8 heavy (non-hydrogen) atoms. The topological polar surface area (TPSA) is 50.2 Å². The Hall–Kier alpha value is -0.380. The van der Waals surface area contributed by atoms with E-state index in [1.54, 1.807) is 6.92 Å². The van der Waals surface area contributed by atoms with Crippen molar-refractivity contribution in [2.45, 2.75) is 6.92 Å². The molecule has 0 aromatic heterocycles. The Morgan fingerprint density at radius 3 is 2.50 bits per heavy atom. The van der Waals surface area contributed by atoms with E-state index in [4.69, 9.17) is 5.41 Å². The average Bonchev–Trinajstić information content (AvgIpc) is 1.67. The first kappa shape index (κ1) is 7.62. The molecule has 0 fully saturated rings. The van der Waals surface area contributed by atoms with Crippen LogP contribution in [0.3, 0.4) is 0 Å². The zero-order valence-electron chi connectivity index (χ0n) is 4.40. The van der Waals surface area contributed by atoms with Crippen LogP contribution in [0.4, 0.5) is 0 Å². The van der Waals surface area contributed by atoms with Crippen molar-refractivity contribution >= 4 is 26.5 Å². The Morgan fingerprint density at radius 2 is 2.38 bits per heavy atom. The number of halogens is 1. The molecular weight excluding hydrogens is 174 g/mol. The lowest BCUT2D eigenvalue weighted by molar-refractivity contribution is -0.134. The highest BCUT2D eigenvalue weighted by molar-refractivity contribution is 9.19. The Morgan fingerprint density at radius 1 is 1.88 bits per heavy atom. The van der Waals surface area contributed by atoms with Gasteiger partial charge in [0.15, 0.2) is 4.62 Å². The fourth-order valence-electron chi connectivity index (χ4n) is 0.194. The summed E-state index contributed by atoms with van der Waals surface area (Å²) in [7, 11) is 0. The molecule has 46 valence electrons. The van der Waals surface area contributed by atoms with Gasteiger partial charge in [0, 0.05) is 0 Å². The molecular formula is C4H6BrNO2. The summed E-state index contributed by atoms with van der Waals surface area (Å²) in [4.78, 5) is 10.2. The highest BCUT2D eigenvalue weighted by atomic mass is 79.9.